The molecule has 0 N–H and O–H groups in total. The largest absolute Gasteiger partial charge is 0.302 e. The van der Waals surface area contributed by atoms with E-state index in [1.54, 1.807) is 17.7 Å². The average molecular weight is 628 g/mol. The molecule has 5 aromatic rings. The van der Waals surface area contributed by atoms with Gasteiger partial charge in [-0.3, -0.25) is 4.98 Å². The van der Waals surface area contributed by atoms with Crippen LogP contribution in [0.25, 0.3) is 32.7 Å². The van der Waals surface area contributed by atoms with Crippen LogP contribution in [0.1, 0.15) is 32.0 Å². The van der Waals surface area contributed by atoms with E-state index in [1.165, 1.54) is 5.56 Å². The quantitative estimate of drug-likeness (QED) is 0.193. The van der Waals surface area contributed by atoms with Crippen molar-refractivity contribution < 1.29 is 20.1 Å². The molecule has 3 heterocycles. The van der Waals surface area contributed by atoms with Crippen molar-refractivity contribution in [3.63, 3.8) is 0 Å². The van der Waals surface area contributed by atoms with Gasteiger partial charge in [-0.15, -0.1) is 82.6 Å². The van der Waals surface area contributed by atoms with Gasteiger partial charge >= 0.3 is 0 Å². The van der Waals surface area contributed by atoms with Crippen molar-refractivity contribution in [3.05, 3.63) is 102 Å². The standard InChI is InChI=1S/C16H15N2S.C12H10N.Ir/c1-16(2,3)12-6-4-11(5-7-12)14-13-8-9-19-15(13)18-10-17-14;1-10-6-5-9-12(13-10)11-7-3-2-4-8-11;/h4,6-10H,1-3H3;2-7,9H,1H3;/q2*-1;. The number of aryl methyl sites for hydroxylation is 1. The van der Waals surface area contributed by atoms with E-state index in [9.17, 15) is 0 Å². The Morgan fingerprint density at radius 2 is 1.70 bits per heavy atom. The molecule has 0 aliphatic rings. The summed E-state index contributed by atoms with van der Waals surface area (Å²) in [5.74, 6) is 0. The minimum Gasteiger partial charge on any atom is -0.302 e. The molecule has 0 aliphatic carbocycles. The molecule has 0 saturated carbocycles. The molecule has 0 atom stereocenters. The van der Waals surface area contributed by atoms with E-state index < -0.39 is 0 Å². The van der Waals surface area contributed by atoms with Crippen molar-refractivity contribution in [2.45, 2.75) is 33.1 Å². The van der Waals surface area contributed by atoms with Gasteiger partial charge in [0.1, 0.15) is 11.2 Å². The number of fused-ring (bicyclic) bond motifs is 1. The molecule has 2 aromatic carbocycles. The van der Waals surface area contributed by atoms with Gasteiger partial charge in [-0.05, 0) is 46.6 Å². The number of hydrogen-bond acceptors (Lipinski definition) is 4. The third-order valence-electron chi connectivity index (χ3n) is 5.07. The summed E-state index contributed by atoms with van der Waals surface area (Å²) < 4.78 is 0. The van der Waals surface area contributed by atoms with E-state index in [0.29, 0.717) is 0 Å². The van der Waals surface area contributed by atoms with Crippen molar-refractivity contribution in [2.24, 2.45) is 0 Å². The average Bonchev–Trinajstić information content (AvgIpc) is 3.29. The van der Waals surface area contributed by atoms with Crippen LogP contribution in [0.4, 0.5) is 0 Å². The third kappa shape index (κ3) is 6.20. The van der Waals surface area contributed by atoms with Gasteiger partial charge in [0.25, 0.3) is 0 Å². The predicted octanol–water partition coefficient (Wildman–Crippen LogP) is 7.31. The number of aromatic nitrogens is 3. The Kier molecular flexibility index (Phi) is 8.25. The van der Waals surface area contributed by atoms with Crippen molar-refractivity contribution in [3.8, 4) is 22.5 Å². The first-order chi connectivity index (χ1) is 15.4. The second kappa shape index (κ2) is 10.9. The minimum absolute atomic E-state index is 0. The van der Waals surface area contributed by atoms with Gasteiger partial charge in [0.05, 0.1) is 0 Å². The van der Waals surface area contributed by atoms with E-state index in [-0.39, 0.29) is 25.5 Å². The topological polar surface area (TPSA) is 38.7 Å². The maximum atomic E-state index is 4.41. The second-order valence-corrected chi connectivity index (χ2v) is 9.44. The van der Waals surface area contributed by atoms with Crippen LogP contribution in [-0.2, 0) is 25.5 Å². The van der Waals surface area contributed by atoms with E-state index in [4.69, 9.17) is 0 Å². The van der Waals surface area contributed by atoms with Crippen LogP contribution < -0.4 is 0 Å². The number of rotatable bonds is 2. The zero-order valence-electron chi connectivity index (χ0n) is 19.1. The number of pyridine rings is 1. The van der Waals surface area contributed by atoms with Gasteiger partial charge in [-0.2, -0.15) is 0 Å². The van der Waals surface area contributed by atoms with Crippen LogP contribution in [-0.4, -0.2) is 15.0 Å². The first-order valence-corrected chi connectivity index (χ1v) is 11.4. The molecule has 0 fully saturated rings. The van der Waals surface area contributed by atoms with E-state index in [1.807, 2.05) is 54.8 Å². The fourth-order valence-electron chi connectivity index (χ4n) is 3.29. The van der Waals surface area contributed by atoms with Crippen molar-refractivity contribution in [1.82, 2.24) is 15.0 Å². The minimum atomic E-state index is 0. The monoisotopic (exact) mass is 628 g/mol. The first-order valence-electron chi connectivity index (χ1n) is 10.5. The summed E-state index contributed by atoms with van der Waals surface area (Å²) in [7, 11) is 0. The van der Waals surface area contributed by atoms with E-state index >= 15 is 0 Å². The summed E-state index contributed by atoms with van der Waals surface area (Å²) in [5.41, 5.74) is 6.50. The zero-order valence-corrected chi connectivity index (χ0v) is 22.3. The van der Waals surface area contributed by atoms with Gasteiger partial charge in [0.15, 0.2) is 0 Å². The molecule has 5 heteroatoms. The van der Waals surface area contributed by atoms with Gasteiger partial charge in [0.2, 0.25) is 0 Å². The third-order valence-corrected chi connectivity index (χ3v) is 5.89. The van der Waals surface area contributed by atoms with Gasteiger partial charge in [-0.1, -0.05) is 32.9 Å². The summed E-state index contributed by atoms with van der Waals surface area (Å²) in [6.45, 7) is 8.61. The molecule has 1 radical (unpaired) electrons. The Morgan fingerprint density at radius 1 is 0.848 bits per heavy atom. The Bertz CT molecular complexity index is 1310. The molecule has 5 rings (SSSR count). The molecule has 0 bridgehead atoms. The molecule has 3 aromatic heterocycles. The van der Waals surface area contributed by atoms with Gasteiger partial charge < -0.3 is 4.98 Å². The molecule has 33 heavy (non-hydrogen) atoms. The molecule has 0 aliphatic heterocycles. The Balaban J connectivity index is 0.000000192. The zero-order chi connectivity index (χ0) is 22.6. The molecule has 0 amide bonds. The van der Waals surface area contributed by atoms with E-state index in [2.05, 4.69) is 72.1 Å². The molecule has 0 unspecified atom stereocenters. The van der Waals surface area contributed by atoms with Crippen LogP contribution in [0.15, 0.2) is 78.4 Å². The van der Waals surface area contributed by atoms with Gasteiger partial charge in [0, 0.05) is 25.8 Å². The van der Waals surface area contributed by atoms with Crippen molar-refractivity contribution in [1.29, 1.82) is 0 Å². The summed E-state index contributed by atoms with van der Waals surface area (Å²) in [4.78, 5) is 14.1. The predicted molar refractivity (Wildman–Crippen MR) is 134 cm³/mol. The number of nitrogens with zero attached hydrogens (tertiary/aromatic N) is 3. The Hall–Kier alpha value is -2.72. The smallest absolute Gasteiger partial charge is 0.117 e. The number of thiophene rings is 1. The van der Waals surface area contributed by atoms with Crippen LogP contribution in [0, 0.1) is 19.1 Å². The molecule has 0 spiro atoms. The van der Waals surface area contributed by atoms with Crippen molar-refractivity contribution >= 4 is 21.6 Å². The molecular formula is C28H25IrN3S-2. The van der Waals surface area contributed by atoms with Gasteiger partial charge in [-0.25, -0.2) is 4.98 Å². The fourth-order valence-corrected chi connectivity index (χ4v) is 4.02. The summed E-state index contributed by atoms with van der Waals surface area (Å²) in [6, 6.07) is 28.8. The molecule has 169 valence electrons. The van der Waals surface area contributed by atoms with Crippen LogP contribution in [0.5, 0.6) is 0 Å². The fraction of sp³-hybridized carbons (Fsp3) is 0.179. The van der Waals surface area contributed by atoms with Crippen molar-refractivity contribution in [2.75, 3.05) is 0 Å². The maximum Gasteiger partial charge on any atom is 0.117 e. The second-order valence-electron chi connectivity index (χ2n) is 8.54. The van der Waals surface area contributed by atoms with Crippen LogP contribution in [0.3, 0.4) is 0 Å². The first kappa shape index (κ1) is 24.9. The summed E-state index contributed by atoms with van der Waals surface area (Å²) in [6.07, 6.45) is 1.62. The number of hydrogen-bond donors (Lipinski definition) is 0. The Morgan fingerprint density at radius 3 is 2.36 bits per heavy atom. The summed E-state index contributed by atoms with van der Waals surface area (Å²) >= 11 is 1.64. The molecular weight excluding hydrogens is 603 g/mol. The molecule has 3 nitrogen and oxygen atoms in total. The SMILES string of the molecule is CC(C)(C)c1c[c-]c(-c2ncnc3sccc23)cc1.Cc1cccc(-c2[c-]cccc2)n1.[Ir]. The normalized spacial score (nSPS) is 10.8. The maximum absolute atomic E-state index is 4.41. The van der Waals surface area contributed by atoms with Crippen LogP contribution >= 0.6 is 11.3 Å². The van der Waals surface area contributed by atoms with E-state index in [0.717, 1.165) is 38.4 Å². The number of benzene rings is 2. The Labute approximate surface area is 213 Å². The molecule has 0 saturated heterocycles. The van der Waals surface area contributed by atoms with Crippen LogP contribution in [0.2, 0.25) is 0 Å². The summed E-state index contributed by atoms with van der Waals surface area (Å²) in [5, 5.41) is 3.15.